The Balaban J connectivity index is 0. The molecule has 0 heterocycles. The third-order valence-corrected chi connectivity index (χ3v) is 0. The first-order valence-corrected chi connectivity index (χ1v) is 2.51. The van der Waals surface area contributed by atoms with E-state index in [0.29, 0.717) is 0 Å². The van der Waals surface area contributed by atoms with Crippen LogP contribution in [0.1, 0.15) is 0 Å². The molecule has 6 heteroatoms. The first-order chi connectivity index (χ1) is 2.00. The standard InChI is InChI=1S/Fe.H2O4P/c;1-5(2,3)4/h;1,5H/q+3;-3. The average molecular weight is 153 g/mol. The molecule has 0 saturated heterocycles. The van der Waals surface area contributed by atoms with Crippen LogP contribution in [0.5, 0.6) is 0 Å². The zero-order valence-corrected chi connectivity index (χ0v) is 4.63. The number of hydrogen-bond donors (Lipinski definition) is 1. The summed E-state index contributed by atoms with van der Waals surface area (Å²) in [5, 5.41) is 0. The van der Waals surface area contributed by atoms with Gasteiger partial charge in [-0.1, -0.05) is 0 Å². The second-order valence-corrected chi connectivity index (χ2v) is 1.57. The van der Waals surface area contributed by atoms with Gasteiger partial charge in [-0.15, -0.1) is 0 Å². The van der Waals surface area contributed by atoms with Crippen LogP contribution in [-0.2, 0) is 17.1 Å². The van der Waals surface area contributed by atoms with Gasteiger partial charge in [0.05, 0.1) is 0 Å². The molecule has 0 amide bonds. The Bertz CT molecular complexity index is 23.0. The molecule has 0 rings (SSSR count). The number of rotatable bonds is 0. The Morgan fingerprint density at radius 1 is 1.17 bits per heavy atom. The minimum atomic E-state index is -5.36. The second kappa shape index (κ2) is 2.88. The molecule has 0 aromatic carbocycles. The fourth-order valence-electron chi connectivity index (χ4n) is 0. The predicted octanol–water partition coefficient (Wildman–Crippen LogP) is -3.53. The van der Waals surface area contributed by atoms with Gasteiger partial charge in [-0.25, -0.2) is 0 Å². The molecule has 0 aromatic rings. The average Bonchev–Trinajstić information content (AvgIpc) is 0.722. The van der Waals surface area contributed by atoms with Crippen LogP contribution in [0.2, 0.25) is 0 Å². The van der Waals surface area contributed by atoms with Crippen molar-refractivity contribution in [2.24, 2.45) is 0 Å². The van der Waals surface area contributed by atoms with Gasteiger partial charge in [0.25, 0.3) is 0 Å². The monoisotopic (exact) mass is 153 g/mol. The van der Waals surface area contributed by atoms with Gasteiger partial charge in [0.15, 0.2) is 0 Å². The van der Waals surface area contributed by atoms with Crippen molar-refractivity contribution in [3.63, 3.8) is 0 Å². The van der Waals surface area contributed by atoms with E-state index < -0.39 is 8.17 Å². The summed E-state index contributed by atoms with van der Waals surface area (Å²) in [7, 11) is -5.36. The van der Waals surface area contributed by atoms with Crippen molar-refractivity contribution < 1.29 is 36.6 Å². The van der Waals surface area contributed by atoms with Gasteiger partial charge in [-0.3, -0.25) is 0 Å². The van der Waals surface area contributed by atoms with Crippen molar-refractivity contribution in [2.45, 2.75) is 0 Å². The minimum absolute atomic E-state index is 0. The van der Waals surface area contributed by atoms with Gasteiger partial charge in [0, 0.05) is 0 Å². The van der Waals surface area contributed by atoms with Crippen molar-refractivity contribution in [2.75, 3.05) is 0 Å². The first kappa shape index (κ1) is 9.92. The summed E-state index contributed by atoms with van der Waals surface area (Å²) >= 11 is 0. The topological polar surface area (TPSA) is 89.4 Å². The second-order valence-electron chi connectivity index (χ2n) is 0.524. The predicted molar refractivity (Wildman–Crippen MR) is 10.5 cm³/mol. The molecular weight excluding hydrogens is 151 g/mol. The summed E-state index contributed by atoms with van der Waals surface area (Å²) in [4.78, 5) is 33.1. The Labute approximate surface area is 45.6 Å². The van der Waals surface area contributed by atoms with Crippen LogP contribution in [-0.4, -0.2) is 4.89 Å². The van der Waals surface area contributed by atoms with Crippen LogP contribution < -0.4 is 14.7 Å². The van der Waals surface area contributed by atoms with Crippen LogP contribution in [0.15, 0.2) is 0 Å². The Morgan fingerprint density at radius 2 is 1.17 bits per heavy atom. The summed E-state index contributed by atoms with van der Waals surface area (Å²) in [5.41, 5.74) is 0. The molecule has 6 heavy (non-hydrogen) atoms. The molecule has 1 N–H and O–H groups in total. The number of hydrogen-bond acceptors (Lipinski definition) is 4. The zero-order valence-electron chi connectivity index (χ0n) is 2.53. The van der Waals surface area contributed by atoms with Crippen LogP contribution in [0, 0.1) is 0 Å². The molecule has 4 nitrogen and oxygen atoms in total. The molecule has 0 saturated carbocycles. The molecule has 0 spiro atoms. The molecule has 1 radical (unpaired) electrons. The van der Waals surface area contributed by atoms with E-state index in [1.54, 1.807) is 0 Å². The van der Waals surface area contributed by atoms with Gasteiger partial charge < -0.3 is 0 Å². The Kier molecular flexibility index (Phi) is 4.76. The van der Waals surface area contributed by atoms with E-state index in [0.717, 1.165) is 0 Å². The molecule has 0 atom stereocenters. The molecule has 0 aromatic heterocycles. The third-order valence-electron chi connectivity index (χ3n) is 0. The quantitative estimate of drug-likeness (QED) is 0.288. The summed E-state index contributed by atoms with van der Waals surface area (Å²) in [6.45, 7) is 0. The van der Waals surface area contributed by atoms with Crippen molar-refractivity contribution in [1.29, 1.82) is 0 Å². The summed E-state index contributed by atoms with van der Waals surface area (Å²) < 4.78 is 0. The van der Waals surface area contributed by atoms with Gasteiger partial charge in [0.2, 0.25) is 0 Å². The van der Waals surface area contributed by atoms with E-state index in [2.05, 4.69) is 0 Å². The summed E-state index contributed by atoms with van der Waals surface area (Å²) in [6, 6.07) is 0. The summed E-state index contributed by atoms with van der Waals surface area (Å²) in [5.74, 6) is 0. The Hall–Kier alpha value is 0.789. The zero-order chi connectivity index (χ0) is 4.50. The molecular formula is H2FeO4P. The van der Waals surface area contributed by atoms with E-state index in [-0.39, 0.29) is 17.1 Å². The van der Waals surface area contributed by atoms with Crippen molar-refractivity contribution >= 4 is 8.17 Å². The van der Waals surface area contributed by atoms with Gasteiger partial charge >= 0.3 is 44.8 Å². The SMILES string of the molecule is [Fe+3].[O-][PH]([O-])([O-])O. The molecule has 0 fully saturated rings. The van der Waals surface area contributed by atoms with Gasteiger partial charge in [-0.05, 0) is 0 Å². The van der Waals surface area contributed by atoms with Gasteiger partial charge in [-0.2, -0.15) is 0 Å². The van der Waals surface area contributed by atoms with E-state index in [1.165, 1.54) is 0 Å². The van der Waals surface area contributed by atoms with Crippen LogP contribution in [0.4, 0.5) is 0 Å². The third kappa shape index (κ3) is 110. The molecule has 0 aliphatic carbocycles. The van der Waals surface area contributed by atoms with Crippen LogP contribution in [0.3, 0.4) is 0 Å². The Morgan fingerprint density at radius 3 is 1.17 bits per heavy atom. The maximum absolute atomic E-state index is 8.69. The van der Waals surface area contributed by atoms with E-state index in [1.807, 2.05) is 0 Å². The molecule has 0 aliphatic heterocycles. The van der Waals surface area contributed by atoms with Crippen molar-refractivity contribution in [3.05, 3.63) is 0 Å². The first-order valence-electron chi connectivity index (χ1n) is 0.836. The van der Waals surface area contributed by atoms with Crippen molar-refractivity contribution in [1.82, 2.24) is 0 Å². The molecule has 39 valence electrons. The van der Waals surface area contributed by atoms with E-state index in [9.17, 15) is 0 Å². The fraction of sp³-hybridized carbons (Fsp3) is 0. The summed E-state index contributed by atoms with van der Waals surface area (Å²) in [6.07, 6.45) is 0. The van der Waals surface area contributed by atoms with E-state index >= 15 is 0 Å². The molecule has 0 bridgehead atoms. The normalized spacial score (nSPS) is 12.7. The van der Waals surface area contributed by atoms with Gasteiger partial charge in [0.1, 0.15) is 0 Å². The van der Waals surface area contributed by atoms with Crippen molar-refractivity contribution in [3.8, 4) is 0 Å². The molecule has 0 unspecified atom stereocenters. The maximum atomic E-state index is 8.69. The molecule has 0 aliphatic rings. The van der Waals surface area contributed by atoms with Crippen LogP contribution >= 0.6 is 8.17 Å². The van der Waals surface area contributed by atoms with Crippen LogP contribution in [0.25, 0.3) is 0 Å². The fourth-order valence-corrected chi connectivity index (χ4v) is 0. The van der Waals surface area contributed by atoms with E-state index in [4.69, 9.17) is 19.6 Å².